The van der Waals surface area contributed by atoms with E-state index in [1.807, 2.05) is 51.1 Å². The summed E-state index contributed by atoms with van der Waals surface area (Å²) in [5.41, 5.74) is 13.4. The zero-order valence-corrected chi connectivity index (χ0v) is 12.6. The summed E-state index contributed by atoms with van der Waals surface area (Å²) >= 11 is 0. The third kappa shape index (κ3) is 4.88. The minimum absolute atomic E-state index is 0.157. The number of hydrogen-bond donors (Lipinski definition) is 2. The van der Waals surface area contributed by atoms with E-state index in [1.165, 1.54) is 7.11 Å². The lowest BCUT2D eigenvalue weighted by Gasteiger charge is -2.20. The molecule has 0 fully saturated rings. The summed E-state index contributed by atoms with van der Waals surface area (Å²) in [5, 5.41) is 0. The van der Waals surface area contributed by atoms with E-state index in [0.29, 0.717) is 18.1 Å². The van der Waals surface area contributed by atoms with Crippen LogP contribution in [0.15, 0.2) is 53.7 Å². The number of allylic oxidation sites excluding steroid dienone is 2. The molecule has 0 aliphatic rings. The highest BCUT2D eigenvalue weighted by atomic mass is 16.5. The molecule has 0 radical (unpaired) electrons. The fraction of sp³-hybridized carbons (Fsp3) is 0.375. The summed E-state index contributed by atoms with van der Waals surface area (Å²) in [6.45, 7) is 6.48. The molecule has 0 unspecified atom stereocenters. The molecule has 0 aliphatic carbocycles. The average Bonchev–Trinajstić information content (AvgIpc) is 2.42. The molecule has 0 atom stereocenters. The van der Waals surface area contributed by atoms with Crippen molar-refractivity contribution in [3.8, 4) is 0 Å². The number of rotatable bonds is 5. The van der Waals surface area contributed by atoms with Gasteiger partial charge < -0.3 is 20.9 Å². The predicted molar refractivity (Wildman–Crippen MR) is 81.2 cm³/mol. The zero-order chi connectivity index (χ0) is 15.2. The Hall–Kier alpha value is -2.10. The second-order valence-corrected chi connectivity index (χ2v) is 5.56. The van der Waals surface area contributed by atoms with E-state index in [1.54, 1.807) is 6.08 Å². The molecule has 1 aromatic carbocycles. The lowest BCUT2D eigenvalue weighted by atomic mass is 9.92. The first-order valence-electron chi connectivity index (χ1n) is 6.52. The van der Waals surface area contributed by atoms with Crippen molar-refractivity contribution in [2.24, 2.45) is 16.9 Å². The molecule has 0 saturated carbocycles. The molecule has 0 amide bonds. The van der Waals surface area contributed by atoms with Crippen LogP contribution in [0.2, 0.25) is 0 Å². The van der Waals surface area contributed by atoms with Crippen molar-refractivity contribution in [1.29, 1.82) is 0 Å². The van der Waals surface area contributed by atoms with Crippen LogP contribution in [0, 0.1) is 5.41 Å². The van der Waals surface area contributed by atoms with E-state index in [0.717, 1.165) is 5.56 Å². The first-order valence-corrected chi connectivity index (χ1v) is 6.52. The third-order valence-corrected chi connectivity index (χ3v) is 2.85. The van der Waals surface area contributed by atoms with Crippen LogP contribution in [0.4, 0.5) is 0 Å². The normalized spacial score (nSPS) is 13.7. The minimum atomic E-state index is -0.157. The molecule has 0 heterocycles. The molecule has 4 heteroatoms. The molecule has 0 bridgehead atoms. The number of nitrogens with two attached hydrogens (primary N) is 2. The van der Waals surface area contributed by atoms with Gasteiger partial charge >= 0.3 is 0 Å². The van der Waals surface area contributed by atoms with Gasteiger partial charge in [0.1, 0.15) is 6.61 Å². The number of hydrogen-bond acceptors (Lipinski definition) is 4. The van der Waals surface area contributed by atoms with Crippen molar-refractivity contribution in [2.75, 3.05) is 7.11 Å². The maximum absolute atomic E-state index is 6.05. The molecular formula is C16H24N2O2. The Kier molecular flexibility index (Phi) is 5.50. The summed E-state index contributed by atoms with van der Waals surface area (Å²) in [4.78, 5) is 0. The number of benzene rings is 1. The Morgan fingerprint density at radius 2 is 1.75 bits per heavy atom. The second kappa shape index (κ2) is 6.89. The quantitative estimate of drug-likeness (QED) is 0.641. The zero-order valence-electron chi connectivity index (χ0n) is 12.6. The Morgan fingerprint density at radius 1 is 1.15 bits per heavy atom. The molecule has 4 N–H and O–H groups in total. The van der Waals surface area contributed by atoms with E-state index < -0.39 is 0 Å². The summed E-state index contributed by atoms with van der Waals surface area (Å²) in [6.07, 6.45) is 1.72. The molecule has 110 valence electrons. The van der Waals surface area contributed by atoms with Gasteiger partial charge in [0.2, 0.25) is 5.88 Å². The highest BCUT2D eigenvalue weighted by molar-refractivity contribution is 5.23. The molecular weight excluding hydrogens is 252 g/mol. The smallest absolute Gasteiger partial charge is 0.227 e. The van der Waals surface area contributed by atoms with Gasteiger partial charge in [0.25, 0.3) is 0 Å². The van der Waals surface area contributed by atoms with Crippen LogP contribution in [0.3, 0.4) is 0 Å². The summed E-state index contributed by atoms with van der Waals surface area (Å²) in [5.74, 6) is 0.664. The summed E-state index contributed by atoms with van der Waals surface area (Å²) in [6, 6.07) is 9.85. The minimum Gasteiger partial charge on any atom is -0.483 e. The molecule has 20 heavy (non-hydrogen) atoms. The van der Waals surface area contributed by atoms with Crippen LogP contribution >= 0.6 is 0 Å². The van der Waals surface area contributed by atoms with E-state index in [4.69, 9.17) is 20.9 Å². The highest BCUT2D eigenvalue weighted by Gasteiger charge is 2.15. The van der Waals surface area contributed by atoms with Gasteiger partial charge in [0, 0.05) is 17.2 Å². The predicted octanol–water partition coefficient (Wildman–Crippen LogP) is 2.87. The summed E-state index contributed by atoms with van der Waals surface area (Å²) < 4.78 is 10.8. The van der Waals surface area contributed by atoms with Crippen LogP contribution in [0.25, 0.3) is 0 Å². The van der Waals surface area contributed by atoms with Crippen LogP contribution in [0.1, 0.15) is 26.3 Å². The lowest BCUT2D eigenvalue weighted by Crippen LogP contribution is -2.18. The van der Waals surface area contributed by atoms with Crippen LogP contribution in [-0.4, -0.2) is 7.11 Å². The number of ether oxygens (including phenoxy) is 2. The van der Waals surface area contributed by atoms with Crippen molar-refractivity contribution in [3.63, 3.8) is 0 Å². The van der Waals surface area contributed by atoms with E-state index in [9.17, 15) is 0 Å². The molecule has 0 aliphatic heterocycles. The van der Waals surface area contributed by atoms with E-state index in [-0.39, 0.29) is 11.3 Å². The van der Waals surface area contributed by atoms with Crippen molar-refractivity contribution >= 4 is 0 Å². The van der Waals surface area contributed by atoms with Crippen molar-refractivity contribution < 1.29 is 9.47 Å². The van der Waals surface area contributed by atoms with Gasteiger partial charge in [-0.3, -0.25) is 0 Å². The van der Waals surface area contributed by atoms with Gasteiger partial charge in [-0.25, -0.2) is 0 Å². The van der Waals surface area contributed by atoms with Crippen molar-refractivity contribution in [2.45, 2.75) is 27.4 Å². The maximum Gasteiger partial charge on any atom is 0.227 e. The Balaban J connectivity index is 2.88. The number of methoxy groups -OCH3 is 1. The average molecular weight is 276 g/mol. The standard InChI is InChI=1S/C16H24N2O2/c1-16(2,3)14(17)10-13(15(18)19-4)20-11-12-8-6-5-7-9-12/h5-10H,11,17-18H2,1-4H3/b14-10-,15-13-. The molecule has 1 rings (SSSR count). The van der Waals surface area contributed by atoms with Gasteiger partial charge in [0.15, 0.2) is 5.76 Å². The molecule has 0 aromatic heterocycles. The van der Waals surface area contributed by atoms with Crippen LogP contribution in [0.5, 0.6) is 0 Å². The van der Waals surface area contributed by atoms with Gasteiger partial charge in [-0.2, -0.15) is 0 Å². The first-order chi connectivity index (χ1) is 9.34. The third-order valence-electron chi connectivity index (χ3n) is 2.85. The molecule has 1 aromatic rings. The van der Waals surface area contributed by atoms with Crippen molar-refractivity contribution in [3.05, 3.63) is 59.3 Å². The lowest BCUT2D eigenvalue weighted by molar-refractivity contribution is 0.175. The Bertz CT molecular complexity index is 485. The van der Waals surface area contributed by atoms with Crippen molar-refractivity contribution in [1.82, 2.24) is 0 Å². The van der Waals surface area contributed by atoms with E-state index in [2.05, 4.69) is 0 Å². The fourth-order valence-electron chi connectivity index (χ4n) is 1.38. The van der Waals surface area contributed by atoms with Crippen LogP contribution in [-0.2, 0) is 16.1 Å². The maximum atomic E-state index is 6.05. The SMILES string of the molecule is CO/C(N)=C(/C=C(\N)C(C)(C)C)OCc1ccccc1. The van der Waals surface area contributed by atoms with Gasteiger partial charge in [-0.1, -0.05) is 51.1 Å². The van der Waals surface area contributed by atoms with E-state index >= 15 is 0 Å². The molecule has 0 saturated heterocycles. The first kappa shape index (κ1) is 16.0. The molecule has 4 nitrogen and oxygen atoms in total. The fourth-order valence-corrected chi connectivity index (χ4v) is 1.38. The Morgan fingerprint density at radius 3 is 2.25 bits per heavy atom. The van der Waals surface area contributed by atoms with Gasteiger partial charge in [-0.15, -0.1) is 0 Å². The monoisotopic (exact) mass is 276 g/mol. The van der Waals surface area contributed by atoms with Gasteiger partial charge in [-0.05, 0) is 5.56 Å². The largest absolute Gasteiger partial charge is 0.483 e. The Labute approximate surface area is 121 Å². The highest BCUT2D eigenvalue weighted by Crippen LogP contribution is 2.23. The summed E-state index contributed by atoms with van der Waals surface area (Å²) in [7, 11) is 1.50. The topological polar surface area (TPSA) is 70.5 Å². The molecule has 0 spiro atoms. The van der Waals surface area contributed by atoms with Crippen LogP contribution < -0.4 is 11.5 Å². The second-order valence-electron chi connectivity index (χ2n) is 5.56. The van der Waals surface area contributed by atoms with Gasteiger partial charge in [0.05, 0.1) is 7.11 Å².